The summed E-state index contributed by atoms with van der Waals surface area (Å²) in [4.78, 5) is 0. The van der Waals surface area contributed by atoms with Gasteiger partial charge in [-0.05, 0) is 74.8 Å². The zero-order valence-corrected chi connectivity index (χ0v) is 20.8. The molecule has 0 radical (unpaired) electrons. The lowest BCUT2D eigenvalue weighted by Crippen LogP contribution is -2.24. The van der Waals surface area contributed by atoms with Gasteiger partial charge >= 0.3 is 0 Å². The highest BCUT2D eigenvalue weighted by Crippen LogP contribution is 2.36. The number of hydrogen-bond donors (Lipinski definition) is 0. The van der Waals surface area contributed by atoms with Crippen LogP contribution in [0.4, 0.5) is 22.0 Å². The lowest BCUT2D eigenvalue weighted by atomic mass is 9.91. The third kappa shape index (κ3) is 5.87. The molecule has 1 saturated heterocycles. The van der Waals surface area contributed by atoms with Crippen LogP contribution in [0.15, 0.2) is 54.6 Å². The SMILES string of the molecule is CC=CC1CCC(CCc2ccc(-c3ccc(-c4ccc(OCC)c(F)c4F)c(F)c3F)cc2F)CO1. The van der Waals surface area contributed by atoms with Crippen LogP contribution in [-0.2, 0) is 11.2 Å². The molecule has 1 fully saturated rings. The average Bonchev–Trinajstić information content (AvgIpc) is 2.89. The summed E-state index contributed by atoms with van der Waals surface area (Å²) < 4.78 is 84.5. The predicted molar refractivity (Wildman–Crippen MR) is 134 cm³/mol. The molecule has 0 aromatic heterocycles. The van der Waals surface area contributed by atoms with Gasteiger partial charge in [0, 0.05) is 16.7 Å². The van der Waals surface area contributed by atoms with Crippen LogP contribution in [0, 0.1) is 35.0 Å². The van der Waals surface area contributed by atoms with Gasteiger partial charge < -0.3 is 9.47 Å². The van der Waals surface area contributed by atoms with Crippen LogP contribution in [0.2, 0.25) is 0 Å². The Morgan fingerprint density at radius 2 is 1.54 bits per heavy atom. The largest absolute Gasteiger partial charge is 0.491 e. The first-order valence-corrected chi connectivity index (χ1v) is 12.5. The normalized spacial score (nSPS) is 17.9. The van der Waals surface area contributed by atoms with E-state index in [1.165, 1.54) is 18.2 Å². The molecular formula is C30H29F5O2. The summed E-state index contributed by atoms with van der Waals surface area (Å²) in [7, 11) is 0. The van der Waals surface area contributed by atoms with Crippen molar-refractivity contribution < 1.29 is 31.4 Å². The van der Waals surface area contributed by atoms with E-state index in [-0.39, 0.29) is 29.6 Å². The van der Waals surface area contributed by atoms with E-state index in [0.717, 1.165) is 37.5 Å². The Hall–Kier alpha value is -3.19. The number of halogens is 5. The van der Waals surface area contributed by atoms with Crippen LogP contribution in [0.3, 0.4) is 0 Å². The van der Waals surface area contributed by atoms with E-state index in [2.05, 4.69) is 0 Å². The number of ether oxygens (including phenoxy) is 2. The third-order valence-electron chi connectivity index (χ3n) is 6.72. The second-order valence-electron chi connectivity index (χ2n) is 9.15. The molecule has 196 valence electrons. The Bertz CT molecular complexity index is 1280. The summed E-state index contributed by atoms with van der Waals surface area (Å²) in [5, 5.41) is 0. The minimum Gasteiger partial charge on any atom is -0.491 e. The van der Waals surface area contributed by atoms with E-state index in [1.54, 1.807) is 13.0 Å². The molecule has 2 nitrogen and oxygen atoms in total. The quantitative estimate of drug-likeness (QED) is 0.221. The van der Waals surface area contributed by atoms with Crippen molar-refractivity contribution in [3.8, 4) is 28.0 Å². The fourth-order valence-corrected chi connectivity index (χ4v) is 4.68. The summed E-state index contributed by atoms with van der Waals surface area (Å²) in [6.45, 7) is 4.32. The molecule has 0 spiro atoms. The Morgan fingerprint density at radius 1 is 0.865 bits per heavy atom. The van der Waals surface area contributed by atoms with Gasteiger partial charge in [-0.15, -0.1) is 0 Å². The number of allylic oxidation sites excluding steroid dienone is 1. The van der Waals surface area contributed by atoms with Gasteiger partial charge in [0.05, 0.1) is 19.3 Å². The topological polar surface area (TPSA) is 18.5 Å². The second kappa shape index (κ2) is 11.9. The third-order valence-corrected chi connectivity index (χ3v) is 6.72. The molecule has 37 heavy (non-hydrogen) atoms. The van der Waals surface area contributed by atoms with Crippen molar-refractivity contribution in [2.45, 2.75) is 45.6 Å². The highest BCUT2D eigenvalue weighted by Gasteiger charge is 2.23. The molecule has 0 aliphatic carbocycles. The molecule has 3 aromatic carbocycles. The molecule has 7 heteroatoms. The number of benzene rings is 3. The van der Waals surface area contributed by atoms with E-state index in [9.17, 15) is 17.6 Å². The van der Waals surface area contributed by atoms with E-state index in [4.69, 9.17) is 9.47 Å². The van der Waals surface area contributed by atoms with Gasteiger partial charge in [-0.2, -0.15) is 4.39 Å². The molecule has 1 aliphatic rings. The Morgan fingerprint density at radius 3 is 2.19 bits per heavy atom. The number of aryl methyl sites for hydroxylation is 1. The van der Waals surface area contributed by atoms with Crippen molar-refractivity contribution in [2.75, 3.05) is 13.2 Å². The summed E-state index contributed by atoms with van der Waals surface area (Å²) in [5.41, 5.74) is -0.408. The molecule has 2 unspecified atom stereocenters. The first-order valence-electron chi connectivity index (χ1n) is 12.5. The molecule has 0 bridgehead atoms. The Labute approximate surface area is 213 Å². The first kappa shape index (κ1) is 26.9. The van der Waals surface area contributed by atoms with Gasteiger partial charge in [-0.25, -0.2) is 17.6 Å². The maximum Gasteiger partial charge on any atom is 0.201 e. The van der Waals surface area contributed by atoms with E-state index >= 15 is 4.39 Å². The minimum absolute atomic E-state index is 0.120. The smallest absolute Gasteiger partial charge is 0.201 e. The van der Waals surface area contributed by atoms with Crippen molar-refractivity contribution in [3.05, 3.63) is 89.3 Å². The molecule has 1 heterocycles. The van der Waals surface area contributed by atoms with Crippen LogP contribution >= 0.6 is 0 Å². The van der Waals surface area contributed by atoms with Gasteiger partial charge in [0.15, 0.2) is 23.2 Å². The van der Waals surface area contributed by atoms with E-state index < -0.39 is 40.2 Å². The van der Waals surface area contributed by atoms with Crippen molar-refractivity contribution in [1.29, 1.82) is 0 Å². The molecule has 2 atom stereocenters. The number of hydrogen-bond acceptors (Lipinski definition) is 2. The zero-order valence-electron chi connectivity index (χ0n) is 20.8. The predicted octanol–water partition coefficient (Wildman–Crippen LogP) is 8.42. The monoisotopic (exact) mass is 516 g/mol. The van der Waals surface area contributed by atoms with E-state index in [0.29, 0.717) is 24.5 Å². The van der Waals surface area contributed by atoms with Crippen molar-refractivity contribution in [1.82, 2.24) is 0 Å². The fourth-order valence-electron chi connectivity index (χ4n) is 4.68. The highest BCUT2D eigenvalue weighted by molar-refractivity contribution is 5.72. The van der Waals surface area contributed by atoms with Gasteiger partial charge in [0.1, 0.15) is 5.82 Å². The lowest BCUT2D eigenvalue weighted by molar-refractivity contribution is 0.00857. The molecule has 0 N–H and O–H groups in total. The van der Waals surface area contributed by atoms with Crippen LogP contribution in [-0.4, -0.2) is 19.3 Å². The summed E-state index contributed by atoms with van der Waals surface area (Å²) in [5.74, 6) is -5.72. The standard InChI is InChI=1S/C30H29F5O2/c1-3-5-21-11-7-18(17-37-21)6-8-19-9-10-20(16-25(19)31)22-12-13-23(28(33)27(22)32)24-14-15-26(36-4-2)30(35)29(24)34/h3,5,9-10,12-16,18,21H,4,6-8,11,17H2,1-2H3. The lowest BCUT2D eigenvalue weighted by Gasteiger charge is -2.27. The average molecular weight is 517 g/mol. The molecule has 4 rings (SSSR count). The fraction of sp³-hybridized carbons (Fsp3) is 0.333. The highest BCUT2D eigenvalue weighted by atomic mass is 19.2. The molecule has 3 aromatic rings. The zero-order chi connectivity index (χ0) is 26.5. The second-order valence-corrected chi connectivity index (χ2v) is 9.15. The van der Waals surface area contributed by atoms with Crippen LogP contribution < -0.4 is 4.74 Å². The summed E-state index contributed by atoms with van der Waals surface area (Å²) in [6.07, 6.45) is 7.37. The van der Waals surface area contributed by atoms with Crippen molar-refractivity contribution >= 4 is 0 Å². The molecule has 1 aliphatic heterocycles. The Balaban J connectivity index is 1.51. The van der Waals surface area contributed by atoms with Gasteiger partial charge in [0.2, 0.25) is 5.82 Å². The first-order chi connectivity index (χ1) is 17.8. The van der Waals surface area contributed by atoms with Crippen LogP contribution in [0.1, 0.15) is 38.7 Å². The maximum absolute atomic E-state index is 15.0. The summed E-state index contributed by atoms with van der Waals surface area (Å²) in [6, 6.07) is 8.96. The Kier molecular flexibility index (Phi) is 8.64. The van der Waals surface area contributed by atoms with Crippen LogP contribution in [0.25, 0.3) is 22.3 Å². The van der Waals surface area contributed by atoms with Gasteiger partial charge in [-0.3, -0.25) is 0 Å². The van der Waals surface area contributed by atoms with Crippen molar-refractivity contribution in [3.63, 3.8) is 0 Å². The van der Waals surface area contributed by atoms with Gasteiger partial charge in [-0.1, -0.05) is 36.4 Å². The molecular weight excluding hydrogens is 487 g/mol. The van der Waals surface area contributed by atoms with Crippen molar-refractivity contribution in [2.24, 2.45) is 5.92 Å². The molecule has 0 amide bonds. The summed E-state index contributed by atoms with van der Waals surface area (Å²) >= 11 is 0. The maximum atomic E-state index is 15.0. The van der Waals surface area contributed by atoms with Crippen LogP contribution in [0.5, 0.6) is 5.75 Å². The van der Waals surface area contributed by atoms with E-state index in [1.807, 2.05) is 19.1 Å². The minimum atomic E-state index is -1.35. The molecule has 0 saturated carbocycles. The number of rotatable bonds is 8. The van der Waals surface area contributed by atoms with Gasteiger partial charge in [0.25, 0.3) is 0 Å².